The molecule has 1 N–H and O–H groups in total. The van der Waals surface area contributed by atoms with Crippen molar-refractivity contribution < 1.29 is 9.53 Å². The van der Waals surface area contributed by atoms with Gasteiger partial charge in [0.05, 0.1) is 17.8 Å². The Morgan fingerprint density at radius 1 is 1.48 bits per heavy atom. The minimum absolute atomic E-state index is 0.0756. The number of carbonyl (C=O) groups excluding carboxylic acids is 1. The number of hydrogen-bond donors (Lipinski definition) is 1. The zero-order chi connectivity index (χ0) is 16.9. The fourth-order valence-electron chi connectivity index (χ4n) is 3.31. The van der Waals surface area contributed by atoms with Gasteiger partial charge in [-0.25, -0.2) is 0 Å². The first kappa shape index (κ1) is 18.4. The van der Waals surface area contributed by atoms with E-state index in [1.165, 1.54) is 17.8 Å². The van der Waals surface area contributed by atoms with E-state index in [2.05, 4.69) is 38.0 Å². The summed E-state index contributed by atoms with van der Waals surface area (Å²) in [6.07, 6.45) is 6.82. The summed E-state index contributed by atoms with van der Waals surface area (Å²) in [5.41, 5.74) is 1.82. The summed E-state index contributed by atoms with van der Waals surface area (Å²) in [7, 11) is 0. The van der Waals surface area contributed by atoms with Gasteiger partial charge in [-0.3, -0.25) is 9.78 Å². The molecule has 0 bridgehead atoms. The van der Waals surface area contributed by atoms with Crippen molar-refractivity contribution in [3.63, 3.8) is 0 Å². The number of carbonyl (C=O) groups is 1. The molecule has 1 aromatic rings. The van der Waals surface area contributed by atoms with Crippen molar-refractivity contribution in [2.24, 2.45) is 17.3 Å². The minimum Gasteiger partial charge on any atom is -0.378 e. The maximum atomic E-state index is 12.5. The summed E-state index contributed by atoms with van der Waals surface area (Å²) in [6.45, 7) is 9.70. The van der Waals surface area contributed by atoms with Crippen LogP contribution in [0.2, 0.25) is 0 Å². The van der Waals surface area contributed by atoms with E-state index in [0.717, 1.165) is 30.9 Å². The first-order valence-corrected chi connectivity index (χ1v) is 9.58. The largest absolute Gasteiger partial charge is 0.378 e. The second-order valence-electron chi connectivity index (χ2n) is 7.63. The Morgan fingerprint density at radius 2 is 2.26 bits per heavy atom. The third kappa shape index (κ3) is 5.57. The van der Waals surface area contributed by atoms with Gasteiger partial charge in [0.25, 0.3) is 0 Å². The monoisotopic (exact) mass is 338 g/mol. The van der Waals surface area contributed by atoms with E-state index in [-0.39, 0.29) is 17.4 Å². The maximum Gasteiger partial charge on any atom is 0.225 e. The van der Waals surface area contributed by atoms with Crippen LogP contribution < -0.4 is 5.32 Å². The maximum absolute atomic E-state index is 12.5. The van der Waals surface area contributed by atoms with Crippen LogP contribution in [0.1, 0.15) is 59.8 Å². The highest BCUT2D eigenvalue weighted by molar-refractivity contribution is 7.13. The van der Waals surface area contributed by atoms with Gasteiger partial charge in [0.15, 0.2) is 0 Å². The molecule has 1 fully saturated rings. The molecule has 0 aromatic carbocycles. The number of nitrogens with one attached hydrogen (secondary N) is 1. The van der Waals surface area contributed by atoms with Gasteiger partial charge in [-0.15, -0.1) is 11.3 Å². The lowest BCUT2D eigenvalue weighted by atomic mass is 9.69. The van der Waals surface area contributed by atoms with Crippen molar-refractivity contribution in [3.05, 3.63) is 11.7 Å². The molecule has 0 saturated carbocycles. The molecule has 2 heterocycles. The van der Waals surface area contributed by atoms with Crippen LogP contribution in [0, 0.1) is 17.3 Å². The number of anilines is 1. The fraction of sp³-hybridized carbons (Fsp3) is 0.778. The summed E-state index contributed by atoms with van der Waals surface area (Å²) < 4.78 is 5.95. The molecule has 0 radical (unpaired) electrons. The second kappa shape index (κ2) is 8.25. The van der Waals surface area contributed by atoms with Crippen LogP contribution in [-0.2, 0) is 9.53 Å². The summed E-state index contributed by atoms with van der Waals surface area (Å²) in [4.78, 5) is 16.5. The Kier molecular flexibility index (Phi) is 6.60. The lowest BCUT2D eigenvalue weighted by molar-refractivity contribution is -0.124. The summed E-state index contributed by atoms with van der Waals surface area (Å²) in [6, 6.07) is 0. The van der Waals surface area contributed by atoms with Crippen LogP contribution >= 0.6 is 11.3 Å². The third-order valence-corrected chi connectivity index (χ3v) is 5.51. The third-order valence-electron chi connectivity index (χ3n) is 4.82. The Labute approximate surface area is 144 Å². The molecular weight excluding hydrogens is 308 g/mol. The van der Waals surface area contributed by atoms with Crippen molar-refractivity contribution in [1.82, 2.24) is 4.98 Å². The molecule has 2 rings (SSSR count). The Balaban J connectivity index is 2.04. The van der Waals surface area contributed by atoms with Gasteiger partial charge in [-0.05, 0) is 36.5 Å². The van der Waals surface area contributed by atoms with Crippen LogP contribution in [0.15, 0.2) is 11.7 Å². The highest BCUT2D eigenvalue weighted by Crippen LogP contribution is 2.43. The number of thiazole rings is 1. The Bertz CT molecular complexity index is 487. The number of rotatable bonds is 7. The number of amides is 1. The van der Waals surface area contributed by atoms with Crippen molar-refractivity contribution in [1.29, 1.82) is 0 Å². The Morgan fingerprint density at radius 3 is 2.87 bits per heavy atom. The normalized spacial score (nSPS) is 25.0. The molecular formula is C18H30N2O2S. The zero-order valence-corrected chi connectivity index (χ0v) is 15.6. The lowest BCUT2D eigenvalue weighted by Crippen LogP contribution is -2.40. The molecule has 0 aliphatic carbocycles. The lowest BCUT2D eigenvalue weighted by Gasteiger charge is -2.42. The van der Waals surface area contributed by atoms with Crippen LogP contribution in [0.25, 0.3) is 0 Å². The van der Waals surface area contributed by atoms with Crippen LogP contribution in [0.4, 0.5) is 5.00 Å². The van der Waals surface area contributed by atoms with Gasteiger partial charge in [0.1, 0.15) is 5.00 Å². The molecule has 2 atom stereocenters. The average molecular weight is 339 g/mol. The van der Waals surface area contributed by atoms with Crippen molar-refractivity contribution in [2.45, 2.75) is 65.9 Å². The SMILES string of the molecule is CC(C)CCC1(CC(=O)Nc2cncs2)CCOC(C(C)C)C1. The highest BCUT2D eigenvalue weighted by Gasteiger charge is 2.39. The van der Waals surface area contributed by atoms with Gasteiger partial charge < -0.3 is 10.1 Å². The molecule has 1 aliphatic heterocycles. The van der Waals surface area contributed by atoms with Gasteiger partial charge in [-0.2, -0.15) is 0 Å². The molecule has 4 nitrogen and oxygen atoms in total. The van der Waals surface area contributed by atoms with Gasteiger partial charge in [0.2, 0.25) is 5.91 Å². The van der Waals surface area contributed by atoms with Crippen LogP contribution in [0.3, 0.4) is 0 Å². The van der Waals surface area contributed by atoms with E-state index in [0.29, 0.717) is 18.3 Å². The topological polar surface area (TPSA) is 51.2 Å². The van der Waals surface area contributed by atoms with E-state index in [1.807, 2.05) is 0 Å². The first-order chi connectivity index (χ1) is 10.9. The molecule has 2 unspecified atom stereocenters. The highest BCUT2D eigenvalue weighted by atomic mass is 32.1. The summed E-state index contributed by atoms with van der Waals surface area (Å²) in [5.74, 6) is 1.28. The molecule has 5 heteroatoms. The van der Waals surface area contributed by atoms with Crippen molar-refractivity contribution in [3.8, 4) is 0 Å². The number of hydrogen-bond acceptors (Lipinski definition) is 4. The smallest absolute Gasteiger partial charge is 0.225 e. The predicted molar refractivity (Wildman–Crippen MR) is 95.7 cm³/mol. The second-order valence-corrected chi connectivity index (χ2v) is 8.52. The number of ether oxygens (including phenoxy) is 1. The van der Waals surface area contributed by atoms with E-state index in [1.54, 1.807) is 11.7 Å². The van der Waals surface area contributed by atoms with Crippen molar-refractivity contribution >= 4 is 22.2 Å². The zero-order valence-electron chi connectivity index (χ0n) is 14.8. The molecule has 23 heavy (non-hydrogen) atoms. The summed E-state index contributed by atoms with van der Waals surface area (Å²) in [5, 5.41) is 3.84. The molecule has 1 aromatic heterocycles. The molecule has 1 aliphatic rings. The standard InChI is InChI=1S/C18H30N2O2S/c1-13(2)5-6-18(7-8-22-15(9-18)14(3)4)10-16(21)20-17-11-19-12-23-17/h11-15H,5-10H2,1-4H3,(H,20,21). The van der Waals surface area contributed by atoms with E-state index in [9.17, 15) is 4.79 Å². The van der Waals surface area contributed by atoms with Gasteiger partial charge in [-0.1, -0.05) is 34.1 Å². The molecule has 1 amide bonds. The number of aromatic nitrogens is 1. The quantitative estimate of drug-likeness (QED) is 0.782. The number of nitrogens with zero attached hydrogens (tertiary/aromatic N) is 1. The van der Waals surface area contributed by atoms with Crippen molar-refractivity contribution in [2.75, 3.05) is 11.9 Å². The first-order valence-electron chi connectivity index (χ1n) is 8.70. The predicted octanol–water partition coefficient (Wildman–Crippen LogP) is 4.73. The van der Waals surface area contributed by atoms with E-state index >= 15 is 0 Å². The van der Waals surface area contributed by atoms with Crippen LogP contribution in [0.5, 0.6) is 0 Å². The average Bonchev–Trinajstić information content (AvgIpc) is 2.98. The molecule has 0 spiro atoms. The van der Waals surface area contributed by atoms with Gasteiger partial charge in [0, 0.05) is 13.0 Å². The van der Waals surface area contributed by atoms with Gasteiger partial charge >= 0.3 is 0 Å². The van der Waals surface area contributed by atoms with E-state index in [4.69, 9.17) is 4.74 Å². The van der Waals surface area contributed by atoms with Crippen LogP contribution in [-0.4, -0.2) is 23.6 Å². The fourth-order valence-corrected chi connectivity index (χ4v) is 3.84. The minimum atomic E-state index is 0.0756. The molecule has 130 valence electrons. The summed E-state index contributed by atoms with van der Waals surface area (Å²) >= 11 is 1.47. The molecule has 1 saturated heterocycles. The Hall–Kier alpha value is -0.940. The van der Waals surface area contributed by atoms with E-state index < -0.39 is 0 Å².